The first-order valence-electron chi connectivity index (χ1n) is 13.9. The maximum atomic E-state index is 12.8. The molecule has 0 N–H and O–H groups in total. The molecule has 9 nitrogen and oxygen atoms in total. The number of aryl methyl sites for hydroxylation is 2. The smallest absolute Gasteiger partial charge is 0.350 e. The van der Waals surface area contributed by atoms with E-state index in [1.54, 1.807) is 61.0 Å². The third-order valence-electron chi connectivity index (χ3n) is 6.62. The summed E-state index contributed by atoms with van der Waals surface area (Å²) in [5.74, 6) is -1.32. The van der Waals surface area contributed by atoms with Gasteiger partial charge in [-0.25, -0.2) is 9.59 Å². The highest BCUT2D eigenvalue weighted by atomic mass is 16.6. The lowest BCUT2D eigenvalue weighted by Crippen LogP contribution is -2.14. The molecule has 9 heteroatoms. The normalized spacial score (nSPS) is 11.1. The van der Waals surface area contributed by atoms with Crippen molar-refractivity contribution in [3.63, 3.8) is 0 Å². The van der Waals surface area contributed by atoms with Gasteiger partial charge in [-0.05, 0) is 110 Å². The van der Waals surface area contributed by atoms with Gasteiger partial charge in [0.25, 0.3) is 5.69 Å². The average Bonchev–Trinajstić information content (AvgIpc) is 3.05. The van der Waals surface area contributed by atoms with Crippen LogP contribution in [0.25, 0.3) is 0 Å². The lowest BCUT2D eigenvalue weighted by molar-refractivity contribution is -0.385. The van der Waals surface area contributed by atoms with Crippen molar-refractivity contribution in [1.29, 1.82) is 0 Å². The van der Waals surface area contributed by atoms with E-state index >= 15 is 0 Å². The molecule has 0 saturated heterocycles. The Hall–Kier alpha value is -6.22. The highest BCUT2D eigenvalue weighted by Gasteiger charge is 2.25. The molecule has 0 atom stereocenters. The second-order valence-corrected chi connectivity index (χ2v) is 10.1. The van der Waals surface area contributed by atoms with Crippen molar-refractivity contribution in [2.45, 2.75) is 13.8 Å². The molecule has 0 unspecified atom stereocenters. The summed E-state index contributed by atoms with van der Waals surface area (Å²) in [6.07, 6.45) is 3.36. The van der Waals surface area contributed by atoms with Gasteiger partial charge in [0.05, 0.1) is 21.9 Å². The number of rotatable bonds is 9. The largest absolute Gasteiger partial charge is 0.423 e. The first-order chi connectivity index (χ1) is 21.7. The fourth-order valence-corrected chi connectivity index (χ4v) is 4.11. The van der Waals surface area contributed by atoms with Crippen molar-refractivity contribution in [3.8, 4) is 11.5 Å². The van der Waals surface area contributed by atoms with Gasteiger partial charge in [0.15, 0.2) is 0 Å². The van der Waals surface area contributed by atoms with Gasteiger partial charge in [-0.2, -0.15) is 0 Å². The maximum absolute atomic E-state index is 12.8. The van der Waals surface area contributed by atoms with Gasteiger partial charge in [0, 0.05) is 18.5 Å². The maximum Gasteiger partial charge on any atom is 0.350 e. The Kier molecular flexibility index (Phi) is 9.30. The number of aliphatic imine (C=N–C) groups is 2. The number of ether oxygens (including phenoxy) is 2. The minimum atomic E-state index is -0.939. The van der Waals surface area contributed by atoms with Crippen molar-refractivity contribution in [1.82, 2.24) is 0 Å². The Morgan fingerprint density at radius 3 is 1.51 bits per heavy atom. The Labute approximate surface area is 259 Å². The fraction of sp³-hybridized carbons (Fsp3) is 0.0556. The number of carbonyl (C=O) groups excluding carboxylic acids is 2. The van der Waals surface area contributed by atoms with Crippen LogP contribution < -0.4 is 9.47 Å². The van der Waals surface area contributed by atoms with Crippen molar-refractivity contribution in [3.05, 3.63) is 159 Å². The van der Waals surface area contributed by atoms with Gasteiger partial charge in [-0.1, -0.05) is 35.4 Å². The molecule has 5 aromatic rings. The zero-order valence-corrected chi connectivity index (χ0v) is 24.4. The van der Waals surface area contributed by atoms with Gasteiger partial charge >= 0.3 is 11.9 Å². The number of nitro benzene ring substituents is 1. The molecule has 0 fully saturated rings. The zero-order chi connectivity index (χ0) is 31.8. The van der Waals surface area contributed by atoms with Crippen LogP contribution in [0.5, 0.6) is 11.5 Å². The number of hydrogen-bond acceptors (Lipinski definition) is 8. The molecular formula is C36H27N3O6. The number of nitrogens with zero attached hydrogens (tertiary/aromatic N) is 3. The number of nitro groups is 1. The molecule has 0 aliphatic carbocycles. The Bertz CT molecular complexity index is 1900. The summed E-state index contributed by atoms with van der Waals surface area (Å²) in [6.45, 7) is 4.00. The lowest BCUT2D eigenvalue weighted by atomic mass is 10.1. The molecule has 0 aliphatic heterocycles. The van der Waals surface area contributed by atoms with E-state index in [4.69, 9.17) is 9.47 Å². The van der Waals surface area contributed by atoms with Gasteiger partial charge in [0.1, 0.15) is 17.1 Å². The van der Waals surface area contributed by atoms with E-state index in [1.807, 2.05) is 62.4 Å². The van der Waals surface area contributed by atoms with Crippen LogP contribution in [0.4, 0.5) is 17.1 Å². The second kappa shape index (κ2) is 13.8. The van der Waals surface area contributed by atoms with Gasteiger partial charge in [-0.3, -0.25) is 20.1 Å². The van der Waals surface area contributed by atoms with Crippen LogP contribution in [0.1, 0.15) is 43.0 Å². The Morgan fingerprint density at radius 2 is 1.07 bits per heavy atom. The molecule has 0 amide bonds. The topological polar surface area (TPSA) is 120 Å². The summed E-state index contributed by atoms with van der Waals surface area (Å²) in [5.41, 5.74) is 4.46. The van der Waals surface area contributed by atoms with Crippen LogP contribution in [0.2, 0.25) is 0 Å². The quantitative estimate of drug-likeness (QED) is 0.0556. The summed E-state index contributed by atoms with van der Waals surface area (Å²) in [5, 5.41) is 11.8. The summed E-state index contributed by atoms with van der Waals surface area (Å²) in [6, 6.07) is 32.1. The summed E-state index contributed by atoms with van der Waals surface area (Å²) in [7, 11) is 0. The third kappa shape index (κ3) is 8.20. The molecule has 0 spiro atoms. The fourth-order valence-electron chi connectivity index (χ4n) is 4.11. The molecule has 0 aromatic heterocycles. The van der Waals surface area contributed by atoms with E-state index in [0.717, 1.165) is 39.7 Å². The van der Waals surface area contributed by atoms with E-state index in [0.29, 0.717) is 0 Å². The Balaban J connectivity index is 1.22. The molecule has 5 aromatic carbocycles. The molecule has 0 aliphatic rings. The first-order valence-corrected chi connectivity index (χ1v) is 13.9. The van der Waals surface area contributed by atoms with Crippen molar-refractivity contribution in [2.75, 3.05) is 0 Å². The number of carbonyl (C=O) groups is 2. The van der Waals surface area contributed by atoms with E-state index in [-0.39, 0.29) is 22.6 Å². The highest BCUT2D eigenvalue weighted by molar-refractivity contribution is 5.98. The number of benzene rings is 5. The molecule has 0 bridgehead atoms. The predicted molar refractivity (Wildman–Crippen MR) is 173 cm³/mol. The molecule has 0 saturated carbocycles. The summed E-state index contributed by atoms with van der Waals surface area (Å²) >= 11 is 0. The van der Waals surface area contributed by atoms with Crippen LogP contribution in [0.15, 0.2) is 125 Å². The van der Waals surface area contributed by atoms with E-state index in [1.165, 1.54) is 12.1 Å². The molecule has 0 radical (unpaired) electrons. The lowest BCUT2D eigenvalue weighted by Gasteiger charge is -2.08. The minimum Gasteiger partial charge on any atom is -0.423 e. The van der Waals surface area contributed by atoms with Crippen molar-refractivity contribution >= 4 is 41.4 Å². The molecule has 222 valence electrons. The first kappa shape index (κ1) is 30.2. The number of esters is 2. The Morgan fingerprint density at radius 1 is 0.622 bits per heavy atom. The second-order valence-electron chi connectivity index (χ2n) is 10.1. The molecular weight excluding hydrogens is 570 g/mol. The number of hydrogen-bond donors (Lipinski definition) is 0. The summed E-state index contributed by atoms with van der Waals surface area (Å²) in [4.78, 5) is 45.5. The highest BCUT2D eigenvalue weighted by Crippen LogP contribution is 2.24. The third-order valence-corrected chi connectivity index (χ3v) is 6.62. The standard InChI is InChI=1S/C36H27N3O6/c1-24-3-12-29(13-4-24)37-22-26-7-16-31(17-8-26)44-35(40)28-11-20-33(34(21-28)39(42)43)36(41)45-32-18-9-27(10-19-32)23-38-30-14-5-25(2)6-15-30/h3-23H,1-2H3. The summed E-state index contributed by atoms with van der Waals surface area (Å²) < 4.78 is 10.8. The predicted octanol–water partition coefficient (Wildman–Crippen LogP) is 8.15. The van der Waals surface area contributed by atoms with Gasteiger partial charge < -0.3 is 9.47 Å². The van der Waals surface area contributed by atoms with Gasteiger partial charge in [-0.15, -0.1) is 0 Å². The van der Waals surface area contributed by atoms with Crippen LogP contribution in [-0.4, -0.2) is 29.3 Å². The van der Waals surface area contributed by atoms with Crippen LogP contribution in [0.3, 0.4) is 0 Å². The molecule has 0 heterocycles. The monoisotopic (exact) mass is 597 g/mol. The zero-order valence-electron chi connectivity index (χ0n) is 24.4. The van der Waals surface area contributed by atoms with Crippen LogP contribution in [-0.2, 0) is 0 Å². The molecule has 45 heavy (non-hydrogen) atoms. The minimum absolute atomic E-state index is 0.0968. The average molecular weight is 598 g/mol. The SMILES string of the molecule is Cc1ccc(N=Cc2ccc(OC(=O)c3ccc(C(=O)Oc4ccc(C=Nc5ccc(C)cc5)cc4)c([N+](=O)[O-])c3)cc2)cc1. The van der Waals surface area contributed by atoms with Crippen LogP contribution >= 0.6 is 0 Å². The van der Waals surface area contributed by atoms with E-state index < -0.39 is 22.5 Å². The van der Waals surface area contributed by atoms with E-state index in [2.05, 4.69) is 9.98 Å². The van der Waals surface area contributed by atoms with Crippen LogP contribution in [0, 0.1) is 24.0 Å². The van der Waals surface area contributed by atoms with E-state index in [9.17, 15) is 19.7 Å². The molecule has 5 rings (SSSR count). The van der Waals surface area contributed by atoms with Crippen molar-refractivity contribution < 1.29 is 24.0 Å². The van der Waals surface area contributed by atoms with Gasteiger partial charge in [0.2, 0.25) is 0 Å². The van der Waals surface area contributed by atoms with Crippen molar-refractivity contribution in [2.24, 2.45) is 9.98 Å².